The SMILES string of the molecule is CC(C)NC(=O)N1CCC[C@H](c2cccc(C(=O)NCCC3=CCCCC3)c2)C1. The zero-order valence-corrected chi connectivity index (χ0v) is 17.9. The summed E-state index contributed by atoms with van der Waals surface area (Å²) < 4.78 is 0. The van der Waals surface area contributed by atoms with Gasteiger partial charge in [-0.05, 0) is 76.5 Å². The smallest absolute Gasteiger partial charge is 0.317 e. The number of piperidine rings is 1. The quantitative estimate of drug-likeness (QED) is 0.689. The lowest BCUT2D eigenvalue weighted by molar-refractivity contribution is 0.0953. The van der Waals surface area contributed by atoms with Crippen LogP contribution < -0.4 is 10.6 Å². The second kappa shape index (κ2) is 10.5. The van der Waals surface area contributed by atoms with Crippen LogP contribution in [0.3, 0.4) is 0 Å². The Bertz CT molecular complexity index is 741. The molecule has 0 bridgehead atoms. The van der Waals surface area contributed by atoms with Crippen molar-refractivity contribution in [2.24, 2.45) is 0 Å². The molecule has 1 saturated heterocycles. The zero-order valence-electron chi connectivity index (χ0n) is 17.9. The fourth-order valence-electron chi connectivity index (χ4n) is 4.28. The van der Waals surface area contributed by atoms with Gasteiger partial charge >= 0.3 is 6.03 Å². The van der Waals surface area contributed by atoms with E-state index in [1.165, 1.54) is 31.3 Å². The number of urea groups is 1. The monoisotopic (exact) mass is 397 g/mol. The molecule has 158 valence electrons. The molecule has 1 atom stereocenters. The highest BCUT2D eigenvalue weighted by atomic mass is 16.2. The van der Waals surface area contributed by atoms with Gasteiger partial charge in [-0.25, -0.2) is 4.79 Å². The van der Waals surface area contributed by atoms with Gasteiger partial charge in [0.25, 0.3) is 5.91 Å². The molecule has 1 aromatic carbocycles. The van der Waals surface area contributed by atoms with Crippen LogP contribution in [0, 0.1) is 0 Å². The Balaban J connectivity index is 1.56. The number of benzene rings is 1. The van der Waals surface area contributed by atoms with Gasteiger partial charge in [-0.2, -0.15) is 0 Å². The topological polar surface area (TPSA) is 61.4 Å². The number of hydrogen-bond donors (Lipinski definition) is 2. The first kappa shape index (κ1) is 21.4. The summed E-state index contributed by atoms with van der Waals surface area (Å²) >= 11 is 0. The standard InChI is InChI=1S/C24H35N3O2/c1-18(2)26-24(29)27-15-7-12-22(17-27)20-10-6-11-21(16-20)23(28)25-14-13-19-8-4-3-5-9-19/h6,8,10-11,16,18,22H,3-5,7,9,12-15,17H2,1-2H3,(H,25,28)(H,26,29)/t22-/m0/s1. The van der Waals surface area contributed by atoms with Crippen molar-refractivity contribution in [3.05, 3.63) is 47.0 Å². The fourth-order valence-corrected chi connectivity index (χ4v) is 4.28. The Morgan fingerprint density at radius 3 is 2.83 bits per heavy atom. The van der Waals surface area contributed by atoms with E-state index in [1.54, 1.807) is 0 Å². The van der Waals surface area contributed by atoms with Gasteiger partial charge in [0.05, 0.1) is 0 Å². The van der Waals surface area contributed by atoms with Gasteiger partial charge in [0, 0.05) is 37.2 Å². The summed E-state index contributed by atoms with van der Waals surface area (Å²) in [6.07, 6.45) is 10.2. The molecule has 1 aromatic rings. The van der Waals surface area contributed by atoms with Crippen LogP contribution in [-0.4, -0.2) is 42.5 Å². The number of nitrogens with one attached hydrogen (secondary N) is 2. The predicted octanol–water partition coefficient (Wildman–Crippen LogP) is 4.60. The van der Waals surface area contributed by atoms with Crippen molar-refractivity contribution in [1.82, 2.24) is 15.5 Å². The van der Waals surface area contributed by atoms with Gasteiger partial charge in [0.1, 0.15) is 0 Å². The first-order chi connectivity index (χ1) is 14.0. The first-order valence-electron chi connectivity index (χ1n) is 11.1. The Kier molecular flexibility index (Phi) is 7.73. The molecule has 2 N–H and O–H groups in total. The van der Waals surface area contributed by atoms with Crippen molar-refractivity contribution >= 4 is 11.9 Å². The molecular weight excluding hydrogens is 362 g/mol. The van der Waals surface area contributed by atoms with E-state index in [0.29, 0.717) is 18.7 Å². The van der Waals surface area contributed by atoms with E-state index in [1.807, 2.05) is 36.9 Å². The Morgan fingerprint density at radius 2 is 2.07 bits per heavy atom. The highest BCUT2D eigenvalue weighted by molar-refractivity contribution is 5.94. The zero-order chi connectivity index (χ0) is 20.6. The van der Waals surface area contributed by atoms with Gasteiger partial charge in [0.15, 0.2) is 0 Å². The van der Waals surface area contributed by atoms with E-state index in [0.717, 1.165) is 31.4 Å². The normalized spacial score (nSPS) is 19.6. The summed E-state index contributed by atoms with van der Waals surface area (Å²) in [6, 6.07) is 8.07. The summed E-state index contributed by atoms with van der Waals surface area (Å²) in [7, 11) is 0. The van der Waals surface area contributed by atoms with Crippen molar-refractivity contribution in [1.29, 1.82) is 0 Å². The maximum Gasteiger partial charge on any atom is 0.317 e. The third-order valence-electron chi connectivity index (χ3n) is 5.86. The number of likely N-dealkylation sites (tertiary alicyclic amines) is 1. The van der Waals surface area contributed by atoms with Crippen LogP contribution >= 0.6 is 0 Å². The predicted molar refractivity (Wildman–Crippen MR) is 117 cm³/mol. The molecule has 0 radical (unpaired) electrons. The van der Waals surface area contributed by atoms with Gasteiger partial charge in [0.2, 0.25) is 0 Å². The number of nitrogens with zero attached hydrogens (tertiary/aromatic N) is 1. The molecule has 1 heterocycles. The summed E-state index contributed by atoms with van der Waals surface area (Å²) in [6.45, 7) is 6.16. The lowest BCUT2D eigenvalue weighted by Gasteiger charge is -2.33. The van der Waals surface area contributed by atoms with Crippen LogP contribution in [0.15, 0.2) is 35.9 Å². The van der Waals surface area contributed by atoms with Crippen LogP contribution in [0.1, 0.15) is 80.6 Å². The minimum absolute atomic E-state index is 0.00604. The summed E-state index contributed by atoms with van der Waals surface area (Å²) in [4.78, 5) is 26.9. The molecule has 3 rings (SSSR count). The van der Waals surface area contributed by atoms with E-state index < -0.39 is 0 Å². The third-order valence-corrected chi connectivity index (χ3v) is 5.86. The van der Waals surface area contributed by atoms with Crippen LogP contribution in [0.25, 0.3) is 0 Å². The highest BCUT2D eigenvalue weighted by Crippen LogP contribution is 2.27. The summed E-state index contributed by atoms with van der Waals surface area (Å²) in [5.41, 5.74) is 3.34. The van der Waals surface area contributed by atoms with Crippen LogP contribution in [0.4, 0.5) is 4.79 Å². The average Bonchev–Trinajstić information content (AvgIpc) is 2.74. The first-order valence-corrected chi connectivity index (χ1v) is 11.1. The molecule has 0 unspecified atom stereocenters. The van der Waals surface area contributed by atoms with E-state index >= 15 is 0 Å². The maximum atomic E-state index is 12.6. The van der Waals surface area contributed by atoms with E-state index in [2.05, 4.69) is 22.8 Å². The Morgan fingerprint density at radius 1 is 1.21 bits per heavy atom. The molecule has 1 aliphatic carbocycles. The fraction of sp³-hybridized carbons (Fsp3) is 0.583. The molecule has 29 heavy (non-hydrogen) atoms. The van der Waals surface area contributed by atoms with Crippen LogP contribution in [-0.2, 0) is 0 Å². The third kappa shape index (κ3) is 6.34. The van der Waals surface area contributed by atoms with Crippen molar-refractivity contribution in [3.63, 3.8) is 0 Å². The molecule has 1 aliphatic heterocycles. The summed E-state index contributed by atoms with van der Waals surface area (Å²) in [5, 5.41) is 6.05. The van der Waals surface area contributed by atoms with Crippen LogP contribution in [0.2, 0.25) is 0 Å². The van der Waals surface area contributed by atoms with Gasteiger partial charge in [-0.3, -0.25) is 4.79 Å². The average molecular weight is 398 g/mol. The van der Waals surface area contributed by atoms with E-state index in [9.17, 15) is 9.59 Å². The van der Waals surface area contributed by atoms with Crippen molar-refractivity contribution in [2.45, 2.75) is 70.8 Å². The van der Waals surface area contributed by atoms with Crippen LogP contribution in [0.5, 0.6) is 0 Å². The van der Waals surface area contributed by atoms with Gasteiger partial charge in [-0.15, -0.1) is 0 Å². The van der Waals surface area contributed by atoms with Gasteiger partial charge in [-0.1, -0.05) is 23.8 Å². The number of hydrogen-bond acceptors (Lipinski definition) is 2. The molecule has 5 nitrogen and oxygen atoms in total. The Hall–Kier alpha value is -2.30. The highest BCUT2D eigenvalue weighted by Gasteiger charge is 2.25. The maximum absolute atomic E-state index is 12.6. The summed E-state index contributed by atoms with van der Waals surface area (Å²) in [5.74, 6) is 0.273. The minimum atomic E-state index is -0.00604. The molecular formula is C24H35N3O2. The molecule has 3 amide bonds. The number of carbonyl (C=O) groups is 2. The number of amides is 3. The van der Waals surface area contributed by atoms with E-state index in [-0.39, 0.29) is 23.9 Å². The van der Waals surface area contributed by atoms with Crippen molar-refractivity contribution in [2.75, 3.05) is 19.6 Å². The molecule has 0 saturated carbocycles. The number of rotatable bonds is 6. The second-order valence-corrected chi connectivity index (χ2v) is 8.63. The number of allylic oxidation sites excluding steroid dienone is 1. The van der Waals surface area contributed by atoms with E-state index in [4.69, 9.17) is 0 Å². The number of carbonyl (C=O) groups excluding carboxylic acids is 2. The lowest BCUT2D eigenvalue weighted by atomic mass is 9.89. The Labute approximate surface area is 174 Å². The van der Waals surface area contributed by atoms with Crippen molar-refractivity contribution < 1.29 is 9.59 Å². The molecule has 1 fully saturated rings. The molecule has 2 aliphatic rings. The molecule has 0 aromatic heterocycles. The minimum Gasteiger partial charge on any atom is -0.352 e. The van der Waals surface area contributed by atoms with Crippen molar-refractivity contribution in [3.8, 4) is 0 Å². The molecule has 0 spiro atoms. The largest absolute Gasteiger partial charge is 0.352 e. The van der Waals surface area contributed by atoms with Gasteiger partial charge < -0.3 is 15.5 Å². The molecule has 5 heteroatoms. The lowest BCUT2D eigenvalue weighted by Crippen LogP contribution is -2.47. The second-order valence-electron chi connectivity index (χ2n) is 8.63.